The summed E-state index contributed by atoms with van der Waals surface area (Å²) in [6.07, 6.45) is 12.1. The van der Waals surface area contributed by atoms with Gasteiger partial charge in [-0.1, -0.05) is 20.3 Å². The summed E-state index contributed by atoms with van der Waals surface area (Å²) >= 11 is 1.60. The maximum absolute atomic E-state index is 10.5. The van der Waals surface area contributed by atoms with E-state index in [0.717, 1.165) is 25.7 Å². The number of thiazole rings is 1. The van der Waals surface area contributed by atoms with Gasteiger partial charge >= 0.3 is 0 Å². The number of rotatable bonds is 2. The fourth-order valence-electron chi connectivity index (χ4n) is 1.65. The van der Waals surface area contributed by atoms with Crippen LogP contribution in [0.25, 0.3) is 0 Å². The SMILES string of the molecule is CCC(=O)CC.F.O=C1CCCCC1.c1cc[nH]c1.c1cscn1. The Labute approximate surface area is 148 Å². The summed E-state index contributed by atoms with van der Waals surface area (Å²) in [6, 6.07) is 3.89. The van der Waals surface area contributed by atoms with E-state index in [9.17, 15) is 9.59 Å². The van der Waals surface area contributed by atoms with Crippen molar-refractivity contribution in [3.05, 3.63) is 41.6 Å². The molecule has 136 valence electrons. The van der Waals surface area contributed by atoms with Crippen LogP contribution in [-0.2, 0) is 9.59 Å². The van der Waals surface area contributed by atoms with E-state index >= 15 is 0 Å². The first-order chi connectivity index (χ1) is 11.2. The first kappa shape index (κ1) is 24.4. The number of carbonyl (C=O) groups excluding carboxylic acids is 2. The van der Waals surface area contributed by atoms with E-state index in [0.29, 0.717) is 24.4 Å². The van der Waals surface area contributed by atoms with Gasteiger partial charge in [0.05, 0.1) is 5.51 Å². The molecule has 0 aliphatic heterocycles. The lowest BCUT2D eigenvalue weighted by molar-refractivity contribution is -0.120. The molecule has 2 aromatic rings. The lowest BCUT2D eigenvalue weighted by Gasteiger charge is -2.05. The first-order valence-electron chi connectivity index (χ1n) is 8.14. The molecule has 1 fully saturated rings. The molecule has 3 rings (SSSR count). The number of aromatic amines is 1. The summed E-state index contributed by atoms with van der Waals surface area (Å²) < 4.78 is 0. The Morgan fingerprint density at radius 3 is 1.88 bits per heavy atom. The maximum atomic E-state index is 10.5. The number of halogens is 1. The predicted octanol–water partition coefficient (Wildman–Crippen LogP) is 5.21. The molecule has 0 radical (unpaired) electrons. The molecule has 1 N–H and O–H groups in total. The van der Waals surface area contributed by atoms with Gasteiger partial charge in [-0.3, -0.25) is 19.3 Å². The predicted molar refractivity (Wildman–Crippen MR) is 99.1 cm³/mol. The van der Waals surface area contributed by atoms with Crippen LogP contribution < -0.4 is 0 Å². The van der Waals surface area contributed by atoms with Gasteiger partial charge in [0, 0.05) is 49.7 Å². The van der Waals surface area contributed by atoms with Crippen LogP contribution >= 0.6 is 11.3 Å². The molecular weight excluding hydrogens is 327 g/mol. The Bertz CT molecular complexity index is 398. The summed E-state index contributed by atoms with van der Waals surface area (Å²) in [6.45, 7) is 3.76. The largest absolute Gasteiger partial charge is 0.368 e. The monoisotopic (exact) mass is 356 g/mol. The van der Waals surface area contributed by atoms with Crippen LogP contribution in [0.15, 0.2) is 41.6 Å². The minimum absolute atomic E-state index is 0. The van der Waals surface area contributed by atoms with E-state index in [1.165, 1.54) is 6.42 Å². The molecule has 1 aliphatic rings. The molecular formula is C18H29FN2O2S. The highest BCUT2D eigenvalue weighted by atomic mass is 32.1. The third-order valence-corrected chi connectivity index (χ3v) is 3.57. The lowest BCUT2D eigenvalue weighted by atomic mass is 10.00. The quantitative estimate of drug-likeness (QED) is 0.804. The van der Waals surface area contributed by atoms with Gasteiger partial charge in [-0.15, -0.1) is 11.3 Å². The van der Waals surface area contributed by atoms with Gasteiger partial charge in [-0.25, -0.2) is 0 Å². The third kappa shape index (κ3) is 18.2. The molecule has 6 heteroatoms. The highest BCUT2D eigenvalue weighted by Crippen LogP contribution is 2.12. The molecule has 2 aromatic heterocycles. The van der Waals surface area contributed by atoms with Crippen molar-refractivity contribution in [2.24, 2.45) is 0 Å². The lowest BCUT2D eigenvalue weighted by Crippen LogP contribution is -2.02. The number of hydrogen-bond donors (Lipinski definition) is 1. The topological polar surface area (TPSA) is 62.8 Å². The number of hydrogen-bond acceptors (Lipinski definition) is 4. The maximum Gasteiger partial charge on any atom is 0.132 e. The summed E-state index contributed by atoms with van der Waals surface area (Å²) in [5, 5.41) is 1.93. The van der Waals surface area contributed by atoms with Crippen molar-refractivity contribution in [1.29, 1.82) is 0 Å². The molecule has 2 heterocycles. The third-order valence-electron chi connectivity index (χ3n) is 3.04. The Balaban J connectivity index is 0. The molecule has 0 unspecified atom stereocenters. The smallest absolute Gasteiger partial charge is 0.132 e. The number of Topliss-reactive ketones (excluding diaryl/α,β-unsaturated/α-hetero) is 2. The molecule has 24 heavy (non-hydrogen) atoms. The summed E-state index contributed by atoms with van der Waals surface area (Å²) in [5.41, 5.74) is 1.79. The van der Waals surface area contributed by atoms with Gasteiger partial charge < -0.3 is 4.98 Å². The van der Waals surface area contributed by atoms with Crippen LogP contribution in [0.2, 0.25) is 0 Å². The zero-order valence-corrected chi connectivity index (χ0v) is 15.4. The fraction of sp³-hybridized carbons (Fsp3) is 0.500. The van der Waals surface area contributed by atoms with E-state index in [2.05, 4.69) is 9.97 Å². The Morgan fingerprint density at radius 1 is 1.12 bits per heavy atom. The second-order valence-corrected chi connectivity index (χ2v) is 5.66. The number of H-pyrrole nitrogens is 1. The molecule has 0 spiro atoms. The normalized spacial score (nSPS) is 12.0. The Hall–Kier alpha value is -1.82. The Kier molecular flexibility index (Phi) is 19.6. The second kappa shape index (κ2) is 19.2. The van der Waals surface area contributed by atoms with E-state index in [4.69, 9.17) is 0 Å². The molecule has 0 saturated heterocycles. The van der Waals surface area contributed by atoms with Crippen molar-refractivity contribution >= 4 is 22.9 Å². The van der Waals surface area contributed by atoms with Crippen LogP contribution in [0.4, 0.5) is 4.70 Å². The van der Waals surface area contributed by atoms with Crippen LogP contribution in [-0.4, -0.2) is 21.5 Å². The van der Waals surface area contributed by atoms with Crippen molar-refractivity contribution in [3.63, 3.8) is 0 Å². The summed E-state index contributed by atoms with van der Waals surface area (Å²) in [7, 11) is 0. The molecule has 0 aromatic carbocycles. The minimum Gasteiger partial charge on any atom is -0.368 e. The molecule has 1 saturated carbocycles. The second-order valence-electron chi connectivity index (χ2n) is 4.91. The fourth-order valence-corrected chi connectivity index (χ4v) is 2.00. The van der Waals surface area contributed by atoms with Gasteiger partial charge in [0.15, 0.2) is 0 Å². The number of ketones is 2. The highest BCUT2D eigenvalue weighted by molar-refractivity contribution is 7.07. The number of nitrogens with zero attached hydrogens (tertiary/aromatic N) is 1. The van der Waals surface area contributed by atoms with Crippen molar-refractivity contribution in [1.82, 2.24) is 9.97 Å². The molecule has 0 amide bonds. The van der Waals surface area contributed by atoms with Crippen LogP contribution in [0.1, 0.15) is 58.8 Å². The van der Waals surface area contributed by atoms with E-state index in [-0.39, 0.29) is 4.70 Å². The zero-order chi connectivity index (χ0) is 17.2. The molecule has 0 bridgehead atoms. The van der Waals surface area contributed by atoms with Crippen LogP contribution in [0.5, 0.6) is 0 Å². The van der Waals surface area contributed by atoms with E-state index in [1.807, 2.05) is 43.8 Å². The van der Waals surface area contributed by atoms with Gasteiger partial charge in [-0.2, -0.15) is 0 Å². The molecule has 0 atom stereocenters. The van der Waals surface area contributed by atoms with E-state index in [1.54, 1.807) is 23.0 Å². The van der Waals surface area contributed by atoms with Gasteiger partial charge in [-0.05, 0) is 25.0 Å². The van der Waals surface area contributed by atoms with Crippen molar-refractivity contribution < 1.29 is 14.3 Å². The van der Waals surface area contributed by atoms with Gasteiger partial charge in [0.25, 0.3) is 0 Å². The summed E-state index contributed by atoms with van der Waals surface area (Å²) in [4.78, 5) is 27.2. The molecule has 1 aliphatic carbocycles. The van der Waals surface area contributed by atoms with Crippen LogP contribution in [0, 0.1) is 0 Å². The minimum atomic E-state index is 0. The first-order valence-corrected chi connectivity index (χ1v) is 9.08. The average Bonchev–Trinajstić information content (AvgIpc) is 3.33. The summed E-state index contributed by atoms with van der Waals surface area (Å²) in [5.74, 6) is 0.807. The average molecular weight is 357 g/mol. The van der Waals surface area contributed by atoms with Crippen molar-refractivity contribution in [2.45, 2.75) is 58.8 Å². The Morgan fingerprint density at radius 2 is 1.71 bits per heavy atom. The van der Waals surface area contributed by atoms with Gasteiger partial charge in [0.1, 0.15) is 11.6 Å². The highest BCUT2D eigenvalue weighted by Gasteiger charge is 2.05. The van der Waals surface area contributed by atoms with Crippen molar-refractivity contribution in [2.75, 3.05) is 0 Å². The standard InChI is InChI=1S/C6H10O.C5H10O.C4H5N.C3H3NS.FH/c7-6-4-2-1-3-5-6;1-3-5(6)4-2;1-2-4-5-3-1;1-2-5-3-4-1;/h1-5H2;3-4H2,1-2H3;1-5H;1-3H;1H. The van der Waals surface area contributed by atoms with Gasteiger partial charge in [0.2, 0.25) is 0 Å². The van der Waals surface area contributed by atoms with E-state index < -0.39 is 0 Å². The van der Waals surface area contributed by atoms with Crippen LogP contribution in [0.3, 0.4) is 0 Å². The number of nitrogens with one attached hydrogen (secondary N) is 1. The number of carbonyl (C=O) groups is 2. The molecule has 4 nitrogen and oxygen atoms in total. The van der Waals surface area contributed by atoms with Crippen molar-refractivity contribution in [3.8, 4) is 0 Å². The number of aromatic nitrogens is 2. The zero-order valence-electron chi connectivity index (χ0n) is 14.6.